The summed E-state index contributed by atoms with van der Waals surface area (Å²) in [5.74, 6) is 0. The molecule has 0 amide bonds. The van der Waals surface area contributed by atoms with Gasteiger partial charge in [0.2, 0.25) is 0 Å². The van der Waals surface area contributed by atoms with Crippen LogP contribution in [-0.4, -0.2) is 10.7 Å². The van der Waals surface area contributed by atoms with Crippen LogP contribution >= 0.6 is 0 Å². The molecular formula is C8H12BrNO3. The molecule has 0 aliphatic heterocycles. The third-order valence-electron chi connectivity index (χ3n) is 1.28. The van der Waals surface area contributed by atoms with Gasteiger partial charge in [-0.1, -0.05) is 30.3 Å². The first-order valence-electron chi connectivity index (χ1n) is 3.65. The summed E-state index contributed by atoms with van der Waals surface area (Å²) in [6.45, 7) is 0.740. The van der Waals surface area contributed by atoms with Crippen LogP contribution in [0.2, 0.25) is 0 Å². The normalized spacial score (nSPS) is 9.31. The highest BCUT2D eigenvalue weighted by molar-refractivity contribution is 5.14. The van der Waals surface area contributed by atoms with Crippen LogP contribution in [0.15, 0.2) is 30.3 Å². The van der Waals surface area contributed by atoms with Gasteiger partial charge in [-0.2, -0.15) is 0 Å². The zero-order valence-electron chi connectivity index (χ0n) is 7.02. The van der Waals surface area contributed by atoms with E-state index in [0.29, 0.717) is 0 Å². The number of nitrogens with two attached hydrogens (primary N) is 1. The van der Waals surface area contributed by atoms with Crippen molar-refractivity contribution < 1.29 is 27.4 Å². The van der Waals surface area contributed by atoms with Crippen molar-refractivity contribution in [1.29, 1.82) is 0 Å². The summed E-state index contributed by atoms with van der Waals surface area (Å²) in [7, 11) is 0. The van der Waals surface area contributed by atoms with E-state index in [1.807, 2.05) is 18.2 Å². The molecule has 74 valence electrons. The summed E-state index contributed by atoms with van der Waals surface area (Å²) in [6, 6.07) is 10.3. The first-order valence-corrected chi connectivity index (χ1v) is 5.65. The van der Waals surface area contributed by atoms with Gasteiger partial charge in [-0.15, -0.1) is 0 Å². The third kappa shape index (κ3) is 9.45. The number of benzene rings is 1. The quantitative estimate of drug-likeness (QED) is 0.651. The van der Waals surface area contributed by atoms with Gasteiger partial charge in [0.15, 0.2) is 0 Å². The zero-order valence-corrected chi connectivity index (χ0v) is 8.61. The molecule has 1 aromatic rings. The van der Waals surface area contributed by atoms with Gasteiger partial charge in [-0.25, -0.2) is 0 Å². The number of halogens is 1. The van der Waals surface area contributed by atoms with E-state index in [0.717, 1.165) is 13.0 Å². The highest BCUT2D eigenvalue weighted by Crippen LogP contribution is 1.96. The number of rotatable bonds is 2. The van der Waals surface area contributed by atoms with Crippen LogP contribution in [0.3, 0.4) is 0 Å². The molecule has 0 aromatic heterocycles. The molecule has 0 aliphatic rings. The zero-order chi connectivity index (χ0) is 10.1. The van der Waals surface area contributed by atoms with Crippen LogP contribution in [0.5, 0.6) is 0 Å². The molecule has 0 fully saturated rings. The monoisotopic (exact) mass is 249 g/mol. The molecule has 13 heavy (non-hydrogen) atoms. The predicted octanol–water partition coefficient (Wildman–Crippen LogP) is -1.75. The Morgan fingerprint density at radius 1 is 1.23 bits per heavy atom. The highest BCUT2D eigenvalue weighted by Gasteiger charge is 1.86. The van der Waals surface area contributed by atoms with E-state index >= 15 is 0 Å². The Bertz CT molecular complexity index is 203. The van der Waals surface area contributed by atoms with Crippen LogP contribution in [0.4, 0.5) is 0 Å². The van der Waals surface area contributed by atoms with Crippen LogP contribution in [-0.2, 0) is 6.42 Å². The molecule has 0 saturated carbocycles. The second-order valence-electron chi connectivity index (χ2n) is 2.23. The standard InChI is InChI=1S/C8H11N.BrHO3/c9-7-6-8-4-2-1-3-5-8;2-1(3)4/h1-5H,6-7,9H2;2H. The first-order chi connectivity index (χ1) is 6.16. The lowest BCUT2D eigenvalue weighted by Crippen LogP contribution is -2.30. The van der Waals surface area contributed by atoms with Gasteiger partial charge < -0.3 is 14.1 Å². The van der Waals surface area contributed by atoms with Crippen LogP contribution in [0.1, 0.15) is 5.56 Å². The van der Waals surface area contributed by atoms with E-state index in [-0.39, 0.29) is 0 Å². The van der Waals surface area contributed by atoms with Crippen molar-refractivity contribution >= 4 is 0 Å². The van der Waals surface area contributed by atoms with E-state index in [1.165, 1.54) is 5.56 Å². The molecule has 5 heteroatoms. The Balaban J connectivity index is 0.000000310. The molecule has 0 radical (unpaired) electrons. The molecule has 0 aliphatic carbocycles. The molecule has 1 rings (SSSR count). The molecular weight excluding hydrogens is 238 g/mol. The lowest BCUT2D eigenvalue weighted by molar-refractivity contribution is -1.63. The first kappa shape index (κ1) is 12.5. The lowest BCUT2D eigenvalue weighted by Gasteiger charge is -1.93. The topological polar surface area (TPSA) is 92.4 Å². The smallest absolute Gasteiger partial charge is 0.372 e. The Morgan fingerprint density at radius 3 is 2.08 bits per heavy atom. The molecule has 3 N–H and O–H groups in total. The second-order valence-corrected chi connectivity index (χ2v) is 3.07. The fourth-order valence-corrected chi connectivity index (χ4v) is 0.811. The average molecular weight is 250 g/mol. The molecule has 0 unspecified atom stereocenters. The fourth-order valence-electron chi connectivity index (χ4n) is 0.811. The van der Waals surface area contributed by atoms with Crippen molar-refractivity contribution in [2.75, 3.05) is 6.54 Å². The van der Waals surface area contributed by atoms with Crippen molar-refractivity contribution in [2.24, 2.45) is 5.73 Å². The molecule has 4 nitrogen and oxygen atoms in total. The SMILES string of the molecule is NCCc1ccccc1.[O-][Br+2]([O-])O. The van der Waals surface area contributed by atoms with E-state index in [4.69, 9.17) is 18.3 Å². The maximum absolute atomic E-state index is 8.63. The van der Waals surface area contributed by atoms with Gasteiger partial charge in [0.05, 0.1) is 0 Å². The lowest BCUT2D eigenvalue weighted by atomic mass is 10.2. The fraction of sp³-hybridized carbons (Fsp3) is 0.250. The van der Waals surface area contributed by atoms with Crippen LogP contribution < -0.4 is 14.1 Å². The summed E-state index contributed by atoms with van der Waals surface area (Å²) in [4.78, 5) is 0. The summed E-state index contributed by atoms with van der Waals surface area (Å²) in [5.41, 5.74) is 6.68. The molecule has 0 bridgehead atoms. The summed E-state index contributed by atoms with van der Waals surface area (Å²) >= 11 is -3.40. The van der Waals surface area contributed by atoms with E-state index in [9.17, 15) is 0 Å². The summed E-state index contributed by atoms with van der Waals surface area (Å²) < 4.78 is 24.3. The number of hydrogen-bond acceptors (Lipinski definition) is 4. The molecule has 0 saturated heterocycles. The Morgan fingerprint density at radius 2 is 1.69 bits per heavy atom. The average Bonchev–Trinajstić information content (AvgIpc) is 2.06. The van der Waals surface area contributed by atoms with Crippen molar-refractivity contribution in [3.63, 3.8) is 0 Å². The van der Waals surface area contributed by atoms with Gasteiger partial charge in [0.25, 0.3) is 0 Å². The largest absolute Gasteiger partial charge is 0.433 e. The second kappa shape index (κ2) is 8.15. The summed E-state index contributed by atoms with van der Waals surface area (Å²) in [5, 5.41) is 0. The highest BCUT2D eigenvalue weighted by atomic mass is 80.0. The Kier molecular flexibility index (Phi) is 7.86. The van der Waals surface area contributed by atoms with Crippen molar-refractivity contribution in [1.82, 2.24) is 0 Å². The summed E-state index contributed by atoms with van der Waals surface area (Å²) in [6.07, 6.45) is 0.987. The molecule has 0 atom stereocenters. The Labute approximate surface area is 82.5 Å². The minimum absolute atomic E-state index is 0.740. The van der Waals surface area contributed by atoms with E-state index < -0.39 is 14.8 Å². The van der Waals surface area contributed by atoms with Crippen LogP contribution in [0.25, 0.3) is 0 Å². The molecule has 0 spiro atoms. The third-order valence-corrected chi connectivity index (χ3v) is 1.28. The molecule has 1 aromatic carbocycles. The van der Waals surface area contributed by atoms with Gasteiger partial charge in [0.1, 0.15) is 0 Å². The van der Waals surface area contributed by atoms with Crippen LogP contribution in [0, 0.1) is 14.8 Å². The minimum Gasteiger partial charge on any atom is -0.372 e. The van der Waals surface area contributed by atoms with Gasteiger partial charge in [0, 0.05) is 0 Å². The van der Waals surface area contributed by atoms with Gasteiger partial charge >= 0.3 is 14.8 Å². The van der Waals surface area contributed by atoms with Gasteiger partial charge in [-0.05, 0) is 22.7 Å². The van der Waals surface area contributed by atoms with Crippen molar-refractivity contribution in [2.45, 2.75) is 6.42 Å². The van der Waals surface area contributed by atoms with Crippen molar-refractivity contribution in [3.8, 4) is 0 Å². The maximum atomic E-state index is 8.63. The minimum atomic E-state index is -3.40. The van der Waals surface area contributed by atoms with E-state index in [1.54, 1.807) is 0 Å². The maximum Gasteiger partial charge on any atom is 0.433 e. The Hall–Kier alpha value is -0.460. The number of hydrogen-bond donors (Lipinski definition) is 2. The van der Waals surface area contributed by atoms with Gasteiger partial charge in [-0.3, -0.25) is 0 Å². The van der Waals surface area contributed by atoms with Crippen molar-refractivity contribution in [3.05, 3.63) is 35.9 Å². The van der Waals surface area contributed by atoms with E-state index in [2.05, 4.69) is 12.1 Å². The predicted molar refractivity (Wildman–Crippen MR) is 41.4 cm³/mol. The molecule has 0 heterocycles.